The zero-order valence-electron chi connectivity index (χ0n) is 14.8. The first kappa shape index (κ1) is 22.7. The molecule has 0 unspecified atom stereocenters. The molecule has 0 aromatic carbocycles. The summed E-state index contributed by atoms with van der Waals surface area (Å²) in [7, 11) is 0. The van der Waals surface area contributed by atoms with E-state index in [4.69, 9.17) is 0 Å². The number of hydrogen-bond acceptors (Lipinski definition) is 5. The lowest BCUT2D eigenvalue weighted by Gasteiger charge is -1.97. The molecule has 0 aliphatic heterocycles. The van der Waals surface area contributed by atoms with Gasteiger partial charge in [0.15, 0.2) is 6.29 Å². The molecule has 0 rings (SSSR count). The lowest BCUT2D eigenvalue weighted by molar-refractivity contribution is -0.432. The van der Waals surface area contributed by atoms with Gasteiger partial charge in [0.1, 0.15) is 0 Å². The van der Waals surface area contributed by atoms with Crippen LogP contribution in [-0.2, 0) is 4.79 Å². The van der Waals surface area contributed by atoms with Gasteiger partial charge in [0, 0.05) is 12.8 Å². The van der Waals surface area contributed by atoms with Gasteiger partial charge in [-0.3, -0.25) is 25.0 Å². The van der Waals surface area contributed by atoms with Crippen LogP contribution in [0, 0.1) is 20.2 Å². The van der Waals surface area contributed by atoms with Crippen LogP contribution < -0.4 is 0 Å². The van der Waals surface area contributed by atoms with Gasteiger partial charge < -0.3 is 0 Å². The summed E-state index contributed by atoms with van der Waals surface area (Å²) in [5, 5.41) is 21.7. The summed E-state index contributed by atoms with van der Waals surface area (Å²) < 4.78 is 0. The number of unbranched alkanes of at least 4 members (excludes halogenated alkanes) is 6. The lowest BCUT2D eigenvalue weighted by atomic mass is 10.1. The number of allylic oxidation sites excluding steroid dienone is 5. The number of rotatable bonds is 15. The maximum absolute atomic E-state index is 11.0. The lowest BCUT2D eigenvalue weighted by Crippen LogP contribution is -2.01. The molecule has 0 aliphatic carbocycles. The summed E-state index contributed by atoms with van der Waals surface area (Å²) >= 11 is 0. The van der Waals surface area contributed by atoms with Crippen molar-refractivity contribution >= 4 is 6.29 Å². The second-order valence-corrected chi connectivity index (χ2v) is 5.62. The van der Waals surface area contributed by atoms with E-state index in [2.05, 4.69) is 0 Å². The van der Waals surface area contributed by atoms with Gasteiger partial charge in [0.25, 0.3) is 0 Å². The summed E-state index contributed by atoms with van der Waals surface area (Å²) in [6.07, 6.45) is 15.8. The zero-order valence-corrected chi connectivity index (χ0v) is 14.8. The van der Waals surface area contributed by atoms with Gasteiger partial charge in [-0.25, -0.2) is 0 Å². The smallest absolute Gasteiger partial charge is 0.246 e. The van der Waals surface area contributed by atoms with Crippen LogP contribution in [-0.4, -0.2) is 16.1 Å². The first-order valence-electron chi connectivity index (χ1n) is 8.69. The molecule has 0 saturated carbocycles. The van der Waals surface area contributed by atoms with Gasteiger partial charge in [-0.05, 0) is 37.8 Å². The quantitative estimate of drug-likeness (QED) is 0.181. The molecule has 0 aliphatic rings. The molecule has 0 bridgehead atoms. The van der Waals surface area contributed by atoms with Crippen LogP contribution >= 0.6 is 0 Å². The van der Waals surface area contributed by atoms with Crippen LogP contribution in [0.25, 0.3) is 0 Å². The highest BCUT2D eigenvalue weighted by atomic mass is 16.6. The third kappa shape index (κ3) is 12.7. The maximum Gasteiger partial charge on any atom is 0.246 e. The van der Waals surface area contributed by atoms with E-state index in [1.807, 2.05) is 18.4 Å². The Morgan fingerprint density at radius 2 is 1.56 bits per heavy atom. The molecular formula is C18H27N2O5. The minimum absolute atomic E-state index is 0.00525. The fourth-order valence-corrected chi connectivity index (χ4v) is 2.21. The average molecular weight is 351 g/mol. The summed E-state index contributed by atoms with van der Waals surface area (Å²) in [5.74, 6) is 0. The second kappa shape index (κ2) is 15.2. The molecule has 7 heteroatoms. The van der Waals surface area contributed by atoms with Crippen LogP contribution in [0.1, 0.15) is 71.1 Å². The monoisotopic (exact) mass is 351 g/mol. The highest BCUT2D eigenvalue weighted by molar-refractivity contribution is 5.50. The molecule has 0 N–H and O–H groups in total. The van der Waals surface area contributed by atoms with Crippen molar-refractivity contribution in [2.75, 3.05) is 0 Å². The molecule has 0 fully saturated rings. The van der Waals surface area contributed by atoms with Crippen LogP contribution in [0.5, 0.6) is 0 Å². The molecule has 0 saturated heterocycles. The predicted molar refractivity (Wildman–Crippen MR) is 96.8 cm³/mol. The number of hydrogen-bond donors (Lipinski definition) is 0. The van der Waals surface area contributed by atoms with E-state index in [1.165, 1.54) is 12.2 Å². The van der Waals surface area contributed by atoms with Crippen molar-refractivity contribution in [1.82, 2.24) is 0 Å². The number of carbonyl (C=O) groups excluding carboxylic acids is 1. The van der Waals surface area contributed by atoms with Gasteiger partial charge in [-0.2, -0.15) is 0 Å². The van der Waals surface area contributed by atoms with E-state index in [0.717, 1.165) is 38.5 Å². The molecule has 1 radical (unpaired) electrons. The first-order chi connectivity index (χ1) is 12.0. The molecule has 25 heavy (non-hydrogen) atoms. The Kier molecular flexibility index (Phi) is 13.8. The average Bonchev–Trinajstić information content (AvgIpc) is 2.57. The predicted octanol–water partition coefficient (Wildman–Crippen LogP) is 4.89. The van der Waals surface area contributed by atoms with Crippen molar-refractivity contribution in [3.63, 3.8) is 0 Å². The Morgan fingerprint density at radius 3 is 2.16 bits per heavy atom. The van der Waals surface area contributed by atoms with Crippen molar-refractivity contribution in [2.45, 2.75) is 71.1 Å². The molecule has 0 atom stereocenters. The van der Waals surface area contributed by atoms with Crippen LogP contribution in [0.15, 0.2) is 35.7 Å². The van der Waals surface area contributed by atoms with E-state index in [0.29, 0.717) is 12.8 Å². The summed E-state index contributed by atoms with van der Waals surface area (Å²) in [4.78, 5) is 30.7. The van der Waals surface area contributed by atoms with Crippen LogP contribution in [0.3, 0.4) is 0 Å². The largest absolute Gasteiger partial charge is 0.291 e. The van der Waals surface area contributed by atoms with E-state index in [9.17, 15) is 25.0 Å². The van der Waals surface area contributed by atoms with Gasteiger partial charge in [-0.15, -0.1) is 0 Å². The highest BCUT2D eigenvalue weighted by Crippen LogP contribution is 2.11. The minimum atomic E-state index is -0.505. The van der Waals surface area contributed by atoms with Crippen molar-refractivity contribution in [3.8, 4) is 0 Å². The van der Waals surface area contributed by atoms with E-state index < -0.39 is 9.85 Å². The molecule has 0 aromatic heterocycles. The molecule has 139 valence electrons. The molecule has 0 heterocycles. The number of nitro groups is 2. The normalized spacial score (nSPS) is 12.5. The SMILES string of the molecule is CC/C(=C\C/C(=C\C/C=C\CCCCCCC[C]=O)[N+](=O)[O-])[N+](=O)[O-]. The highest BCUT2D eigenvalue weighted by Gasteiger charge is 2.12. The fourth-order valence-electron chi connectivity index (χ4n) is 2.21. The van der Waals surface area contributed by atoms with Crippen molar-refractivity contribution in [2.24, 2.45) is 0 Å². The van der Waals surface area contributed by atoms with Crippen LogP contribution in [0.2, 0.25) is 0 Å². The van der Waals surface area contributed by atoms with Gasteiger partial charge in [0.05, 0.1) is 16.3 Å². The third-order valence-corrected chi connectivity index (χ3v) is 3.68. The summed E-state index contributed by atoms with van der Waals surface area (Å²) in [6.45, 7) is 1.65. The zero-order chi connectivity index (χ0) is 18.9. The number of nitrogens with zero attached hydrogens (tertiary/aromatic N) is 2. The standard InChI is InChI=1S/C18H27N2O5/c1-2-17(19(22)23)14-15-18(20(24)25)13-11-9-7-5-3-4-6-8-10-12-16-21/h7,9,13-14H,2-6,8,10-12,15H2,1H3/b9-7-,17-14+,18-13+. The Hall–Kier alpha value is -2.31. The Morgan fingerprint density at radius 1 is 0.920 bits per heavy atom. The molecule has 7 nitrogen and oxygen atoms in total. The first-order valence-corrected chi connectivity index (χ1v) is 8.69. The minimum Gasteiger partial charge on any atom is -0.291 e. The summed E-state index contributed by atoms with van der Waals surface area (Å²) in [5.41, 5.74) is -0.0289. The van der Waals surface area contributed by atoms with E-state index in [1.54, 1.807) is 6.92 Å². The Balaban J connectivity index is 4.13. The van der Waals surface area contributed by atoms with E-state index in [-0.39, 0.29) is 24.2 Å². The fraction of sp³-hybridized carbons (Fsp3) is 0.611. The molecule has 0 spiro atoms. The Bertz CT molecular complexity index is 510. The van der Waals surface area contributed by atoms with Gasteiger partial charge in [-0.1, -0.05) is 38.3 Å². The topological polar surface area (TPSA) is 103 Å². The molecular weight excluding hydrogens is 324 g/mol. The molecule has 0 amide bonds. The summed E-state index contributed by atoms with van der Waals surface area (Å²) in [6, 6.07) is 0. The van der Waals surface area contributed by atoms with Crippen molar-refractivity contribution in [1.29, 1.82) is 0 Å². The van der Waals surface area contributed by atoms with Gasteiger partial charge >= 0.3 is 0 Å². The van der Waals surface area contributed by atoms with E-state index >= 15 is 0 Å². The van der Waals surface area contributed by atoms with Crippen LogP contribution in [0.4, 0.5) is 0 Å². The maximum atomic E-state index is 11.0. The van der Waals surface area contributed by atoms with Crippen molar-refractivity contribution in [3.05, 3.63) is 55.9 Å². The van der Waals surface area contributed by atoms with Gasteiger partial charge in [0.2, 0.25) is 11.4 Å². The Labute approximate surface area is 148 Å². The third-order valence-electron chi connectivity index (χ3n) is 3.68. The second-order valence-electron chi connectivity index (χ2n) is 5.62. The molecule has 0 aromatic rings. The van der Waals surface area contributed by atoms with Crippen molar-refractivity contribution < 1.29 is 14.6 Å².